The van der Waals surface area contributed by atoms with Crippen molar-refractivity contribution in [2.24, 2.45) is 0 Å². The first-order chi connectivity index (χ1) is 8.43. The summed E-state index contributed by atoms with van der Waals surface area (Å²) in [6.07, 6.45) is 1.59. The second-order valence-electron chi connectivity index (χ2n) is 3.95. The van der Waals surface area contributed by atoms with Crippen LogP contribution in [0.15, 0.2) is 29.2 Å². The van der Waals surface area contributed by atoms with Crippen LogP contribution in [0.3, 0.4) is 0 Å². The Labute approximate surface area is 112 Å². The third-order valence-electron chi connectivity index (χ3n) is 2.48. The maximum absolute atomic E-state index is 11.9. The molecule has 6 heteroatoms. The van der Waals surface area contributed by atoms with Gasteiger partial charge in [-0.2, -0.15) is 0 Å². The smallest absolute Gasteiger partial charge is 0.303 e. The van der Waals surface area contributed by atoms with Crippen LogP contribution in [-0.4, -0.2) is 25.2 Å². The number of rotatable bonds is 7. The Bertz CT molecular complexity index is 511. The summed E-state index contributed by atoms with van der Waals surface area (Å²) in [7, 11) is -3.37. The normalized spacial score (nSPS) is 11.4. The van der Waals surface area contributed by atoms with Crippen LogP contribution in [0.4, 0.5) is 0 Å². The van der Waals surface area contributed by atoms with Crippen LogP contribution in [0.25, 0.3) is 0 Å². The van der Waals surface area contributed by atoms with Crippen LogP contribution < -0.4 is 0 Å². The van der Waals surface area contributed by atoms with Crippen molar-refractivity contribution < 1.29 is 18.3 Å². The molecule has 0 amide bonds. The predicted molar refractivity (Wildman–Crippen MR) is 69.6 cm³/mol. The molecule has 0 spiro atoms. The van der Waals surface area contributed by atoms with Crippen molar-refractivity contribution in [2.45, 2.75) is 30.6 Å². The number of carboxylic acid groups (broad SMARTS) is 1. The van der Waals surface area contributed by atoms with E-state index in [0.717, 1.165) is 0 Å². The minimum absolute atomic E-state index is 0.00362. The summed E-state index contributed by atoms with van der Waals surface area (Å²) in [5.41, 5.74) is 0. The first-order valence-electron chi connectivity index (χ1n) is 5.62. The van der Waals surface area contributed by atoms with Gasteiger partial charge in [-0.15, -0.1) is 0 Å². The third kappa shape index (κ3) is 4.66. The Morgan fingerprint density at radius 1 is 1.17 bits per heavy atom. The fourth-order valence-corrected chi connectivity index (χ4v) is 3.50. The van der Waals surface area contributed by atoms with E-state index in [1.807, 2.05) is 0 Å². The van der Waals surface area contributed by atoms with E-state index in [9.17, 15) is 13.2 Å². The molecule has 1 rings (SSSR count). The van der Waals surface area contributed by atoms with Gasteiger partial charge in [-0.25, -0.2) is 8.42 Å². The molecule has 1 N–H and O–H groups in total. The van der Waals surface area contributed by atoms with Crippen molar-refractivity contribution in [1.29, 1.82) is 0 Å². The highest BCUT2D eigenvalue weighted by atomic mass is 35.5. The molecule has 0 atom stereocenters. The SMILES string of the molecule is O=C(O)CCCCCS(=O)(=O)c1ccccc1Cl. The third-order valence-corrected chi connectivity index (χ3v) is 4.77. The minimum atomic E-state index is -3.37. The Kier molecular flexibility index (Phi) is 5.62. The fourth-order valence-electron chi connectivity index (χ4n) is 1.55. The van der Waals surface area contributed by atoms with Gasteiger partial charge in [0.15, 0.2) is 9.84 Å². The molecule has 18 heavy (non-hydrogen) atoms. The van der Waals surface area contributed by atoms with Crippen molar-refractivity contribution in [3.8, 4) is 0 Å². The quantitative estimate of drug-likeness (QED) is 0.784. The van der Waals surface area contributed by atoms with Gasteiger partial charge < -0.3 is 5.11 Å². The van der Waals surface area contributed by atoms with E-state index in [4.69, 9.17) is 16.7 Å². The average Bonchev–Trinajstić information content (AvgIpc) is 2.28. The van der Waals surface area contributed by atoms with Crippen LogP contribution in [0.2, 0.25) is 5.02 Å². The highest BCUT2D eigenvalue weighted by Crippen LogP contribution is 2.22. The molecule has 1 aromatic rings. The molecule has 0 aliphatic rings. The molecule has 0 saturated carbocycles. The number of unbranched alkanes of at least 4 members (excludes halogenated alkanes) is 2. The van der Waals surface area contributed by atoms with Crippen molar-refractivity contribution in [3.05, 3.63) is 29.3 Å². The van der Waals surface area contributed by atoms with Gasteiger partial charge in [0.2, 0.25) is 0 Å². The lowest BCUT2D eigenvalue weighted by Crippen LogP contribution is -2.07. The zero-order valence-corrected chi connectivity index (χ0v) is 11.4. The van der Waals surface area contributed by atoms with Gasteiger partial charge in [-0.3, -0.25) is 4.79 Å². The standard InChI is InChI=1S/C12H15ClO4S/c13-10-6-3-4-7-11(10)18(16,17)9-5-1-2-8-12(14)15/h3-4,6-7H,1-2,5,8-9H2,(H,14,15). The summed E-state index contributed by atoms with van der Waals surface area (Å²) in [5.74, 6) is -0.861. The molecular formula is C12H15ClO4S. The number of sulfone groups is 1. The van der Waals surface area contributed by atoms with Gasteiger partial charge in [0.1, 0.15) is 0 Å². The molecule has 4 nitrogen and oxygen atoms in total. The van der Waals surface area contributed by atoms with Crippen LogP contribution in [0.1, 0.15) is 25.7 Å². The first kappa shape index (κ1) is 15.0. The number of carboxylic acids is 1. The Hall–Kier alpha value is -1.07. The molecule has 0 saturated heterocycles. The number of benzene rings is 1. The summed E-state index contributed by atoms with van der Waals surface area (Å²) in [5, 5.41) is 8.68. The van der Waals surface area contributed by atoms with E-state index in [1.54, 1.807) is 18.2 Å². The molecule has 0 bridgehead atoms. The number of halogens is 1. The van der Waals surface area contributed by atoms with E-state index in [1.165, 1.54) is 6.07 Å². The van der Waals surface area contributed by atoms with Gasteiger partial charge in [-0.05, 0) is 25.0 Å². The monoisotopic (exact) mass is 290 g/mol. The summed E-state index contributed by atoms with van der Waals surface area (Å²) >= 11 is 5.83. The lowest BCUT2D eigenvalue weighted by atomic mass is 10.2. The van der Waals surface area contributed by atoms with Crippen molar-refractivity contribution in [2.75, 3.05) is 5.75 Å². The summed E-state index contributed by atoms with van der Waals surface area (Å²) in [4.78, 5) is 10.4. The van der Waals surface area contributed by atoms with Gasteiger partial charge >= 0.3 is 5.97 Å². The van der Waals surface area contributed by atoms with E-state index >= 15 is 0 Å². The molecule has 1 aromatic carbocycles. The molecule has 0 radical (unpaired) electrons. The zero-order valence-electron chi connectivity index (χ0n) is 9.80. The zero-order chi connectivity index (χ0) is 13.6. The lowest BCUT2D eigenvalue weighted by Gasteiger charge is -2.05. The van der Waals surface area contributed by atoms with Gasteiger partial charge in [0.05, 0.1) is 15.7 Å². The minimum Gasteiger partial charge on any atom is -0.481 e. The maximum Gasteiger partial charge on any atom is 0.303 e. The average molecular weight is 291 g/mol. The molecule has 0 unspecified atom stereocenters. The lowest BCUT2D eigenvalue weighted by molar-refractivity contribution is -0.137. The summed E-state index contributed by atoms with van der Waals surface area (Å²) in [6.45, 7) is 0. The van der Waals surface area contributed by atoms with Crippen LogP contribution in [0.5, 0.6) is 0 Å². The second kappa shape index (κ2) is 6.75. The van der Waals surface area contributed by atoms with E-state index in [2.05, 4.69) is 0 Å². The first-order valence-corrected chi connectivity index (χ1v) is 7.65. The van der Waals surface area contributed by atoms with E-state index in [0.29, 0.717) is 19.3 Å². The summed E-state index contributed by atoms with van der Waals surface area (Å²) < 4.78 is 23.9. The van der Waals surface area contributed by atoms with Crippen LogP contribution in [0, 0.1) is 0 Å². The van der Waals surface area contributed by atoms with Gasteiger partial charge in [0.25, 0.3) is 0 Å². The highest BCUT2D eigenvalue weighted by molar-refractivity contribution is 7.91. The molecule has 0 aliphatic heterocycles. The number of carbonyl (C=O) groups is 1. The molecule has 0 heterocycles. The maximum atomic E-state index is 11.9. The van der Waals surface area contributed by atoms with Gasteiger partial charge in [0, 0.05) is 6.42 Å². The number of hydrogen-bond donors (Lipinski definition) is 1. The number of aliphatic carboxylic acids is 1. The topological polar surface area (TPSA) is 71.4 Å². The Morgan fingerprint density at radius 3 is 2.44 bits per heavy atom. The van der Waals surface area contributed by atoms with Gasteiger partial charge in [-0.1, -0.05) is 30.2 Å². The van der Waals surface area contributed by atoms with E-state index < -0.39 is 15.8 Å². The Morgan fingerprint density at radius 2 is 1.83 bits per heavy atom. The highest BCUT2D eigenvalue weighted by Gasteiger charge is 2.16. The Balaban J connectivity index is 2.51. The van der Waals surface area contributed by atoms with Crippen LogP contribution >= 0.6 is 11.6 Å². The number of hydrogen-bond acceptors (Lipinski definition) is 3. The largest absolute Gasteiger partial charge is 0.481 e. The van der Waals surface area contributed by atoms with Crippen molar-refractivity contribution in [3.63, 3.8) is 0 Å². The molecule has 0 aliphatic carbocycles. The molecule has 0 fully saturated rings. The molecule has 0 aromatic heterocycles. The molecule has 100 valence electrons. The second-order valence-corrected chi connectivity index (χ2v) is 6.44. The van der Waals surface area contributed by atoms with Crippen molar-refractivity contribution in [1.82, 2.24) is 0 Å². The predicted octanol–water partition coefficient (Wildman–Crippen LogP) is 2.76. The fraction of sp³-hybridized carbons (Fsp3) is 0.417. The molecular weight excluding hydrogens is 276 g/mol. The summed E-state index contributed by atoms with van der Waals surface area (Å²) in [6, 6.07) is 6.32. The van der Waals surface area contributed by atoms with E-state index in [-0.39, 0.29) is 22.1 Å². The van der Waals surface area contributed by atoms with Crippen molar-refractivity contribution >= 4 is 27.4 Å². The van der Waals surface area contributed by atoms with Crippen LogP contribution in [-0.2, 0) is 14.6 Å².